The molecular weight excluding hydrogens is 310 g/mol. The van der Waals surface area contributed by atoms with Crippen LogP contribution < -0.4 is 10.9 Å². The molecule has 1 N–H and O–H groups in total. The van der Waals surface area contributed by atoms with E-state index in [0.29, 0.717) is 10.5 Å². The summed E-state index contributed by atoms with van der Waals surface area (Å²) in [6.07, 6.45) is 0. The van der Waals surface area contributed by atoms with Gasteiger partial charge in [0.1, 0.15) is 10.7 Å². The van der Waals surface area contributed by atoms with Gasteiger partial charge in [-0.3, -0.25) is 9.36 Å². The highest BCUT2D eigenvalue weighted by molar-refractivity contribution is 7.13. The average Bonchev–Trinajstić information content (AvgIpc) is 3.14. The Morgan fingerprint density at radius 3 is 2.91 bits per heavy atom. The van der Waals surface area contributed by atoms with Gasteiger partial charge in [-0.25, -0.2) is 9.97 Å². The van der Waals surface area contributed by atoms with E-state index in [4.69, 9.17) is 0 Å². The lowest BCUT2D eigenvalue weighted by Crippen LogP contribution is -2.24. The highest BCUT2D eigenvalue weighted by Crippen LogP contribution is 2.23. The number of aromatic nitrogens is 3. The van der Waals surface area contributed by atoms with Crippen LogP contribution in [-0.2, 0) is 6.54 Å². The first-order valence-corrected chi connectivity index (χ1v) is 8.21. The maximum absolute atomic E-state index is 12.5. The van der Waals surface area contributed by atoms with Crippen molar-refractivity contribution >= 4 is 34.0 Å². The molecule has 1 aliphatic rings. The second kappa shape index (κ2) is 5.27. The number of rotatable bonds is 1. The van der Waals surface area contributed by atoms with Crippen molar-refractivity contribution in [2.24, 2.45) is 4.99 Å². The smallest absolute Gasteiger partial charge is 0.292 e. The Balaban J connectivity index is 1.92. The SMILES string of the molecule is Cc1nc(C)c(C(=O)N=c2nc3ccccc3c3n2CCN3)s1. The number of nitrogens with one attached hydrogen (secondary N) is 1. The van der Waals surface area contributed by atoms with Gasteiger partial charge in [0.2, 0.25) is 5.62 Å². The van der Waals surface area contributed by atoms with Gasteiger partial charge in [-0.2, -0.15) is 4.99 Å². The van der Waals surface area contributed by atoms with Crippen LogP contribution in [0.5, 0.6) is 0 Å². The van der Waals surface area contributed by atoms with Gasteiger partial charge >= 0.3 is 0 Å². The Hall–Kier alpha value is -2.54. The van der Waals surface area contributed by atoms with Gasteiger partial charge in [-0.1, -0.05) is 12.1 Å². The summed E-state index contributed by atoms with van der Waals surface area (Å²) in [7, 11) is 0. The Bertz CT molecular complexity index is 1000. The van der Waals surface area contributed by atoms with Crippen LogP contribution in [0.1, 0.15) is 20.4 Å². The number of thiazole rings is 1. The number of nitrogens with zero attached hydrogens (tertiary/aromatic N) is 4. The minimum atomic E-state index is -0.280. The number of anilines is 1. The minimum absolute atomic E-state index is 0.280. The molecular formula is C16H15N5OS. The molecule has 1 aliphatic heterocycles. The first-order chi connectivity index (χ1) is 11.1. The Morgan fingerprint density at radius 2 is 2.13 bits per heavy atom. The van der Waals surface area contributed by atoms with Crippen molar-refractivity contribution in [3.63, 3.8) is 0 Å². The third-order valence-electron chi connectivity index (χ3n) is 3.82. The van der Waals surface area contributed by atoms with E-state index in [1.807, 2.05) is 42.7 Å². The first kappa shape index (κ1) is 14.1. The molecule has 23 heavy (non-hydrogen) atoms. The Labute approximate surface area is 136 Å². The predicted molar refractivity (Wildman–Crippen MR) is 89.7 cm³/mol. The van der Waals surface area contributed by atoms with E-state index >= 15 is 0 Å². The molecule has 1 amide bonds. The summed E-state index contributed by atoms with van der Waals surface area (Å²) >= 11 is 1.37. The van der Waals surface area contributed by atoms with Gasteiger partial charge < -0.3 is 5.32 Å². The number of amides is 1. The molecule has 0 fully saturated rings. The fourth-order valence-electron chi connectivity index (χ4n) is 2.83. The zero-order valence-electron chi connectivity index (χ0n) is 12.8. The van der Waals surface area contributed by atoms with Crippen molar-refractivity contribution in [3.05, 3.63) is 45.5 Å². The van der Waals surface area contributed by atoms with Crippen LogP contribution in [0.4, 0.5) is 5.82 Å². The molecule has 2 aromatic heterocycles. The quantitative estimate of drug-likeness (QED) is 0.745. The second-order valence-corrected chi connectivity index (χ2v) is 6.62. The third kappa shape index (κ3) is 2.33. The van der Waals surface area contributed by atoms with Gasteiger partial charge in [-0.05, 0) is 26.0 Å². The van der Waals surface area contributed by atoms with E-state index in [9.17, 15) is 4.79 Å². The minimum Gasteiger partial charge on any atom is -0.369 e. The van der Waals surface area contributed by atoms with Crippen LogP contribution in [-0.4, -0.2) is 27.0 Å². The number of fused-ring (bicyclic) bond motifs is 3. The Kier molecular flexibility index (Phi) is 3.23. The molecule has 0 radical (unpaired) electrons. The van der Waals surface area contributed by atoms with Crippen LogP contribution in [0, 0.1) is 13.8 Å². The van der Waals surface area contributed by atoms with Crippen molar-refractivity contribution in [2.75, 3.05) is 11.9 Å². The summed E-state index contributed by atoms with van der Waals surface area (Å²) in [5, 5.41) is 5.26. The summed E-state index contributed by atoms with van der Waals surface area (Å²) in [6.45, 7) is 5.28. The normalized spacial score (nSPS) is 14.1. The summed E-state index contributed by atoms with van der Waals surface area (Å²) in [5.41, 5.74) is 2.00. The molecule has 0 saturated carbocycles. The Morgan fingerprint density at radius 1 is 1.30 bits per heavy atom. The molecule has 6 nitrogen and oxygen atoms in total. The summed E-state index contributed by atoms with van der Waals surface area (Å²) in [4.78, 5) is 26.2. The predicted octanol–water partition coefficient (Wildman–Crippen LogP) is 2.28. The van der Waals surface area contributed by atoms with Crippen LogP contribution in [0.3, 0.4) is 0 Å². The number of carbonyl (C=O) groups excluding carboxylic acids is 1. The number of aryl methyl sites for hydroxylation is 2. The van der Waals surface area contributed by atoms with E-state index in [-0.39, 0.29) is 5.91 Å². The molecule has 0 atom stereocenters. The van der Waals surface area contributed by atoms with Gasteiger partial charge in [0.25, 0.3) is 5.91 Å². The van der Waals surface area contributed by atoms with Crippen molar-refractivity contribution in [3.8, 4) is 0 Å². The average molecular weight is 325 g/mol. The van der Waals surface area contributed by atoms with Crippen molar-refractivity contribution in [2.45, 2.75) is 20.4 Å². The number of para-hydroxylation sites is 1. The standard InChI is InChI=1S/C16H15N5OS/c1-9-13(23-10(2)18-9)15(22)20-16-19-12-6-4-3-5-11(12)14-17-7-8-21(14)16/h3-6,17H,7-8H2,1-2H3. The molecule has 1 aromatic carbocycles. The van der Waals surface area contributed by atoms with Gasteiger partial charge in [-0.15, -0.1) is 11.3 Å². The molecule has 0 aliphatic carbocycles. The van der Waals surface area contributed by atoms with Crippen molar-refractivity contribution in [1.82, 2.24) is 14.5 Å². The highest BCUT2D eigenvalue weighted by atomic mass is 32.1. The zero-order valence-corrected chi connectivity index (χ0v) is 13.6. The third-order valence-corrected chi connectivity index (χ3v) is 4.88. The monoisotopic (exact) mass is 325 g/mol. The van der Waals surface area contributed by atoms with Gasteiger partial charge in [0.05, 0.1) is 16.2 Å². The maximum Gasteiger partial charge on any atom is 0.292 e. The fourth-order valence-corrected chi connectivity index (χ4v) is 3.63. The zero-order chi connectivity index (χ0) is 16.0. The lowest BCUT2D eigenvalue weighted by Gasteiger charge is -2.07. The lowest BCUT2D eigenvalue weighted by molar-refractivity contribution is 0.0999. The molecule has 4 rings (SSSR count). The molecule has 0 spiro atoms. The molecule has 0 unspecified atom stereocenters. The van der Waals surface area contributed by atoms with E-state index < -0.39 is 0 Å². The lowest BCUT2D eigenvalue weighted by atomic mass is 10.2. The van der Waals surface area contributed by atoms with E-state index in [1.54, 1.807) is 0 Å². The molecule has 0 saturated heterocycles. The van der Waals surface area contributed by atoms with E-state index in [0.717, 1.165) is 40.5 Å². The number of hydrogen-bond acceptors (Lipinski definition) is 5. The van der Waals surface area contributed by atoms with E-state index in [1.165, 1.54) is 11.3 Å². The molecule has 3 heterocycles. The molecule has 7 heteroatoms. The number of hydrogen-bond donors (Lipinski definition) is 1. The van der Waals surface area contributed by atoms with Crippen LogP contribution in [0.15, 0.2) is 29.3 Å². The second-order valence-electron chi connectivity index (χ2n) is 5.42. The van der Waals surface area contributed by atoms with Gasteiger partial charge in [0, 0.05) is 18.5 Å². The molecule has 116 valence electrons. The molecule has 3 aromatic rings. The fraction of sp³-hybridized carbons (Fsp3) is 0.250. The number of benzene rings is 1. The topological polar surface area (TPSA) is 72.2 Å². The van der Waals surface area contributed by atoms with Gasteiger partial charge in [0.15, 0.2) is 0 Å². The van der Waals surface area contributed by atoms with Crippen molar-refractivity contribution in [1.29, 1.82) is 0 Å². The number of carbonyl (C=O) groups is 1. The van der Waals surface area contributed by atoms with Crippen molar-refractivity contribution < 1.29 is 4.79 Å². The highest BCUT2D eigenvalue weighted by Gasteiger charge is 2.17. The summed E-state index contributed by atoms with van der Waals surface area (Å²) in [5.74, 6) is 0.692. The van der Waals surface area contributed by atoms with Crippen LogP contribution in [0.2, 0.25) is 0 Å². The largest absolute Gasteiger partial charge is 0.369 e. The summed E-state index contributed by atoms with van der Waals surface area (Å²) < 4.78 is 1.96. The van der Waals surface area contributed by atoms with Crippen LogP contribution >= 0.6 is 11.3 Å². The van der Waals surface area contributed by atoms with E-state index in [2.05, 4.69) is 20.3 Å². The maximum atomic E-state index is 12.5. The molecule has 0 bridgehead atoms. The summed E-state index contributed by atoms with van der Waals surface area (Å²) in [6, 6.07) is 7.87. The first-order valence-electron chi connectivity index (χ1n) is 7.40. The van der Waals surface area contributed by atoms with Crippen LogP contribution in [0.25, 0.3) is 10.9 Å².